The van der Waals surface area contributed by atoms with Gasteiger partial charge in [0, 0.05) is 13.5 Å². The smallest absolute Gasteiger partial charge is 0.244 e. The largest absolute Gasteiger partial charge is 0.382 e. The van der Waals surface area contributed by atoms with E-state index in [1.807, 2.05) is 0 Å². The molecule has 106 valence electrons. The molecular formula is C12H17NO5S. The van der Waals surface area contributed by atoms with E-state index in [1.54, 1.807) is 18.2 Å². The van der Waals surface area contributed by atoms with Gasteiger partial charge < -0.3 is 4.74 Å². The molecule has 1 aromatic carbocycles. The Hall–Kier alpha value is -1.44. The molecule has 0 aromatic heterocycles. The van der Waals surface area contributed by atoms with Gasteiger partial charge in [-0.2, -0.15) is 0 Å². The Balaban J connectivity index is 2.37. The third kappa shape index (κ3) is 5.82. The van der Waals surface area contributed by atoms with Gasteiger partial charge in [0.15, 0.2) is 9.84 Å². The zero-order chi connectivity index (χ0) is 14.1. The highest BCUT2D eigenvalue weighted by Gasteiger charge is 2.15. The van der Waals surface area contributed by atoms with Crippen molar-refractivity contribution in [3.05, 3.63) is 30.3 Å². The van der Waals surface area contributed by atoms with Crippen LogP contribution in [0.5, 0.6) is 0 Å². The third-order valence-corrected chi connectivity index (χ3v) is 4.01. The predicted octanol–water partition coefficient (Wildman–Crippen LogP) is 0.545. The van der Waals surface area contributed by atoms with Gasteiger partial charge in [0.2, 0.25) is 5.91 Å². The molecule has 1 rings (SSSR count). The van der Waals surface area contributed by atoms with Crippen LogP contribution in [-0.2, 0) is 24.2 Å². The van der Waals surface area contributed by atoms with E-state index in [0.717, 1.165) is 0 Å². The Kier molecular flexibility index (Phi) is 6.48. The van der Waals surface area contributed by atoms with E-state index >= 15 is 0 Å². The minimum atomic E-state index is -3.43. The van der Waals surface area contributed by atoms with Gasteiger partial charge in [0.05, 0.1) is 23.9 Å². The fourth-order valence-electron chi connectivity index (χ4n) is 1.28. The lowest BCUT2D eigenvalue weighted by Crippen LogP contribution is -2.27. The van der Waals surface area contributed by atoms with Crippen molar-refractivity contribution in [2.24, 2.45) is 0 Å². The summed E-state index contributed by atoms with van der Waals surface area (Å²) in [6, 6.07) is 8.02. The number of hydrogen-bond acceptors (Lipinski definition) is 5. The van der Waals surface area contributed by atoms with Crippen molar-refractivity contribution >= 4 is 15.7 Å². The number of methoxy groups -OCH3 is 1. The summed E-state index contributed by atoms with van der Waals surface area (Å²) in [6.45, 7) is 0.566. The lowest BCUT2D eigenvalue weighted by atomic mass is 10.4. The summed E-state index contributed by atoms with van der Waals surface area (Å²) in [7, 11) is -1.92. The number of nitrogens with one attached hydrogen (secondary N) is 1. The van der Waals surface area contributed by atoms with Crippen LogP contribution in [-0.4, -0.2) is 40.4 Å². The summed E-state index contributed by atoms with van der Waals surface area (Å²) in [5.41, 5.74) is 2.16. The van der Waals surface area contributed by atoms with Gasteiger partial charge in [0.1, 0.15) is 0 Å². The second kappa shape index (κ2) is 7.88. The second-order valence-corrected chi connectivity index (χ2v) is 5.86. The summed E-state index contributed by atoms with van der Waals surface area (Å²) in [5.74, 6) is -0.730. The lowest BCUT2D eigenvalue weighted by Gasteiger charge is -2.06. The molecule has 0 fully saturated rings. The summed E-state index contributed by atoms with van der Waals surface area (Å²) in [6.07, 6.45) is -0.149. The minimum Gasteiger partial charge on any atom is -0.382 e. The van der Waals surface area contributed by atoms with Crippen LogP contribution in [0.2, 0.25) is 0 Å². The van der Waals surface area contributed by atoms with Crippen LogP contribution in [0.1, 0.15) is 6.42 Å². The van der Waals surface area contributed by atoms with E-state index in [4.69, 9.17) is 9.57 Å². The van der Waals surface area contributed by atoms with Crippen LogP contribution in [0, 0.1) is 0 Å². The minimum absolute atomic E-state index is 0.149. The molecule has 7 heteroatoms. The highest BCUT2D eigenvalue weighted by molar-refractivity contribution is 7.91. The maximum atomic E-state index is 11.9. The molecule has 0 unspecified atom stereocenters. The number of hydrogen-bond donors (Lipinski definition) is 1. The first kappa shape index (κ1) is 15.6. The average molecular weight is 287 g/mol. The number of benzene rings is 1. The molecule has 0 bridgehead atoms. The number of amides is 1. The molecule has 1 aromatic rings. The molecule has 1 N–H and O–H groups in total. The molecule has 19 heavy (non-hydrogen) atoms. The van der Waals surface area contributed by atoms with Crippen LogP contribution < -0.4 is 5.48 Å². The number of rotatable bonds is 8. The van der Waals surface area contributed by atoms with Crippen molar-refractivity contribution in [3.63, 3.8) is 0 Å². The molecule has 0 spiro atoms. The Labute approximate surface area is 112 Å². The van der Waals surface area contributed by atoms with E-state index in [2.05, 4.69) is 5.48 Å². The van der Waals surface area contributed by atoms with Crippen LogP contribution in [0.4, 0.5) is 0 Å². The van der Waals surface area contributed by atoms with Gasteiger partial charge in [-0.05, 0) is 12.1 Å². The lowest BCUT2D eigenvalue weighted by molar-refractivity contribution is -0.134. The standard InChI is InChI=1S/C12H17NO5S/c1-17-8-9-18-13-12(14)7-10-19(15,16)11-5-3-2-4-6-11/h2-6H,7-10H2,1H3,(H,13,14). The Bertz CT molecular complexity index is 486. The van der Waals surface area contributed by atoms with E-state index < -0.39 is 15.7 Å². The first-order valence-electron chi connectivity index (χ1n) is 5.73. The molecule has 0 aliphatic heterocycles. The molecular weight excluding hydrogens is 270 g/mol. The molecule has 0 atom stereocenters. The predicted molar refractivity (Wildman–Crippen MR) is 69.1 cm³/mol. The molecule has 0 heterocycles. The normalized spacial score (nSPS) is 11.2. The highest BCUT2D eigenvalue weighted by Crippen LogP contribution is 2.10. The average Bonchev–Trinajstić information content (AvgIpc) is 2.42. The first-order valence-corrected chi connectivity index (χ1v) is 7.39. The van der Waals surface area contributed by atoms with Crippen LogP contribution in [0.15, 0.2) is 35.2 Å². The van der Waals surface area contributed by atoms with E-state index in [9.17, 15) is 13.2 Å². The molecule has 0 aliphatic carbocycles. The zero-order valence-electron chi connectivity index (χ0n) is 10.7. The fraction of sp³-hybridized carbons (Fsp3) is 0.417. The van der Waals surface area contributed by atoms with Crippen LogP contribution in [0.3, 0.4) is 0 Å². The highest BCUT2D eigenvalue weighted by atomic mass is 32.2. The van der Waals surface area contributed by atoms with E-state index in [-0.39, 0.29) is 23.7 Å². The van der Waals surface area contributed by atoms with E-state index in [0.29, 0.717) is 6.61 Å². The molecule has 0 aliphatic rings. The van der Waals surface area contributed by atoms with Crippen molar-refractivity contribution in [1.82, 2.24) is 5.48 Å². The van der Waals surface area contributed by atoms with Gasteiger partial charge in [-0.15, -0.1) is 0 Å². The van der Waals surface area contributed by atoms with Gasteiger partial charge in [-0.1, -0.05) is 18.2 Å². The number of carbonyl (C=O) groups is 1. The monoisotopic (exact) mass is 287 g/mol. The molecule has 0 saturated heterocycles. The topological polar surface area (TPSA) is 81.7 Å². The summed E-state index contributed by atoms with van der Waals surface area (Å²) >= 11 is 0. The Morgan fingerprint density at radius 2 is 1.89 bits per heavy atom. The van der Waals surface area contributed by atoms with Crippen molar-refractivity contribution < 1.29 is 22.8 Å². The zero-order valence-corrected chi connectivity index (χ0v) is 11.5. The van der Waals surface area contributed by atoms with Crippen LogP contribution >= 0.6 is 0 Å². The van der Waals surface area contributed by atoms with Gasteiger partial charge in [0.25, 0.3) is 0 Å². The molecule has 0 saturated carbocycles. The summed E-state index contributed by atoms with van der Waals surface area (Å²) < 4.78 is 28.5. The number of carbonyl (C=O) groups excluding carboxylic acids is 1. The molecule has 1 amide bonds. The quantitative estimate of drug-likeness (QED) is 0.557. The summed E-state index contributed by atoms with van der Waals surface area (Å²) in [4.78, 5) is 16.3. The fourth-order valence-corrected chi connectivity index (χ4v) is 2.54. The van der Waals surface area contributed by atoms with Gasteiger partial charge in [-0.3, -0.25) is 9.63 Å². The maximum Gasteiger partial charge on any atom is 0.244 e. The Morgan fingerprint density at radius 3 is 2.53 bits per heavy atom. The molecule has 6 nitrogen and oxygen atoms in total. The van der Waals surface area contributed by atoms with Crippen molar-refractivity contribution in [2.75, 3.05) is 26.1 Å². The Morgan fingerprint density at radius 1 is 1.21 bits per heavy atom. The molecule has 0 radical (unpaired) electrons. The van der Waals surface area contributed by atoms with Crippen LogP contribution in [0.25, 0.3) is 0 Å². The number of hydroxylamine groups is 1. The SMILES string of the molecule is COCCONC(=O)CCS(=O)(=O)c1ccccc1. The second-order valence-electron chi connectivity index (χ2n) is 3.75. The van der Waals surface area contributed by atoms with E-state index in [1.165, 1.54) is 19.2 Å². The number of ether oxygens (including phenoxy) is 1. The van der Waals surface area contributed by atoms with Crippen molar-refractivity contribution in [1.29, 1.82) is 0 Å². The van der Waals surface area contributed by atoms with Crippen molar-refractivity contribution in [2.45, 2.75) is 11.3 Å². The van der Waals surface area contributed by atoms with Gasteiger partial charge >= 0.3 is 0 Å². The summed E-state index contributed by atoms with van der Waals surface area (Å²) in [5, 5.41) is 0. The van der Waals surface area contributed by atoms with Crippen molar-refractivity contribution in [3.8, 4) is 0 Å². The van der Waals surface area contributed by atoms with Gasteiger partial charge in [-0.25, -0.2) is 13.9 Å². The maximum absolute atomic E-state index is 11.9. The first-order chi connectivity index (χ1) is 9.06. The number of sulfone groups is 1. The third-order valence-electron chi connectivity index (χ3n) is 2.28.